The number of aromatic nitrogens is 1. The molecular formula is C37H48N6O7S. The first kappa shape index (κ1) is 35.2. The molecule has 2 saturated heterocycles. The molecule has 5 aliphatic rings. The summed E-state index contributed by atoms with van der Waals surface area (Å²) >= 11 is 0. The van der Waals surface area contributed by atoms with E-state index in [4.69, 9.17) is 9.72 Å². The van der Waals surface area contributed by atoms with E-state index in [0.29, 0.717) is 38.8 Å². The summed E-state index contributed by atoms with van der Waals surface area (Å²) in [6.07, 6.45) is 9.59. The summed E-state index contributed by atoms with van der Waals surface area (Å²) in [5, 5.41) is 7.22. The van der Waals surface area contributed by atoms with Gasteiger partial charge in [0.1, 0.15) is 29.0 Å². The van der Waals surface area contributed by atoms with Crippen LogP contribution in [0.3, 0.4) is 0 Å². The van der Waals surface area contributed by atoms with Crippen molar-refractivity contribution in [3.8, 4) is 0 Å². The molecule has 2 saturated carbocycles. The SMILES string of the molecule is CC(C)(C)OC(=O)N[C@H]1CCCCC/C=C\[C@H]2C[C@@]2(C(=O)NS(=O)(=O)C2CC2)NC(=O)[C@@H]2[C@H]3CN(c4nccc5ccccc45)C[C@H]3CN2C1=O. The Hall–Kier alpha value is -4.20. The van der Waals surface area contributed by atoms with Crippen LogP contribution in [0.25, 0.3) is 10.8 Å². The number of anilines is 1. The second-order valence-electron chi connectivity index (χ2n) is 15.8. The second-order valence-corrected chi connectivity index (χ2v) is 17.8. The van der Waals surface area contributed by atoms with Crippen LogP contribution in [0.15, 0.2) is 48.7 Å². The van der Waals surface area contributed by atoms with Gasteiger partial charge in [0, 0.05) is 49.0 Å². The van der Waals surface area contributed by atoms with Crippen molar-refractivity contribution in [3.63, 3.8) is 0 Å². The molecule has 0 unspecified atom stereocenters. The average molecular weight is 721 g/mol. The Balaban J connectivity index is 1.21. The van der Waals surface area contributed by atoms with Crippen molar-refractivity contribution in [2.24, 2.45) is 17.8 Å². The van der Waals surface area contributed by atoms with Crippen molar-refractivity contribution in [3.05, 3.63) is 48.7 Å². The van der Waals surface area contributed by atoms with Gasteiger partial charge in [-0.1, -0.05) is 49.3 Å². The highest BCUT2D eigenvalue weighted by molar-refractivity contribution is 7.91. The van der Waals surface area contributed by atoms with E-state index in [1.54, 1.807) is 31.9 Å². The van der Waals surface area contributed by atoms with Crippen molar-refractivity contribution < 1.29 is 32.3 Å². The number of carbonyl (C=O) groups excluding carboxylic acids is 4. The van der Waals surface area contributed by atoms with Gasteiger partial charge in [0.15, 0.2) is 0 Å². The van der Waals surface area contributed by atoms with Gasteiger partial charge in [0.25, 0.3) is 5.91 Å². The molecule has 1 aromatic heterocycles. The van der Waals surface area contributed by atoms with Crippen molar-refractivity contribution in [1.29, 1.82) is 0 Å². The number of hydrogen-bond acceptors (Lipinski definition) is 9. The largest absolute Gasteiger partial charge is 0.444 e. The predicted molar refractivity (Wildman–Crippen MR) is 191 cm³/mol. The summed E-state index contributed by atoms with van der Waals surface area (Å²) in [6, 6.07) is 8.05. The number of benzene rings is 1. The van der Waals surface area contributed by atoms with Crippen molar-refractivity contribution in [2.75, 3.05) is 24.5 Å². The summed E-state index contributed by atoms with van der Waals surface area (Å²) in [4.78, 5) is 64.4. The van der Waals surface area contributed by atoms with Crippen molar-refractivity contribution >= 4 is 50.4 Å². The molecule has 2 aromatic rings. The summed E-state index contributed by atoms with van der Waals surface area (Å²) in [5.41, 5.74) is -2.22. The standard InChI is InChI=1S/C37H48N6O7S/c1-36(2,3)50-35(47)39-29-14-8-6-4-5-7-12-25-19-37(25,34(46)41-51(48,49)26-15-16-26)40-32(44)30-28-22-42(20-24(28)21-43(30)33(29)45)31-27-13-10-9-11-23(27)17-18-38-31/h7,9-13,17-18,24-26,28-30H,4-6,8,14-16,19-22H2,1-3H3,(H,39,47)(H,40,44)(H,41,46)/b12-7-/t24-,25-,28-,29-,30-,37+/m0/s1. The van der Waals surface area contributed by atoms with E-state index in [1.807, 2.05) is 42.5 Å². The smallest absolute Gasteiger partial charge is 0.408 e. The molecule has 274 valence electrons. The Morgan fingerprint density at radius 1 is 1.02 bits per heavy atom. The van der Waals surface area contributed by atoms with E-state index < -0.39 is 56.4 Å². The van der Waals surface area contributed by atoms with Gasteiger partial charge in [-0.3, -0.25) is 19.1 Å². The lowest BCUT2D eigenvalue weighted by Crippen LogP contribution is -2.60. The number of nitrogens with one attached hydrogen (secondary N) is 3. The van der Waals surface area contributed by atoms with Crippen LogP contribution in [0, 0.1) is 17.8 Å². The number of hydrogen-bond donors (Lipinski definition) is 3. The van der Waals surface area contributed by atoms with Gasteiger partial charge < -0.3 is 25.2 Å². The van der Waals surface area contributed by atoms with Gasteiger partial charge in [-0.2, -0.15) is 0 Å². The number of carbonyl (C=O) groups is 4. The molecule has 0 bridgehead atoms. The third kappa shape index (κ3) is 7.29. The first-order valence-electron chi connectivity index (χ1n) is 18.2. The third-order valence-corrected chi connectivity index (χ3v) is 12.7. The minimum atomic E-state index is -3.86. The van der Waals surface area contributed by atoms with E-state index >= 15 is 0 Å². The lowest BCUT2D eigenvalue weighted by molar-refractivity contribution is -0.142. The molecule has 2 aliphatic carbocycles. The molecule has 0 radical (unpaired) electrons. The van der Waals surface area contributed by atoms with E-state index in [1.165, 1.54) is 0 Å². The Labute approximate surface area is 299 Å². The molecule has 4 amide bonds. The first-order chi connectivity index (χ1) is 24.3. The first-order valence-corrected chi connectivity index (χ1v) is 19.7. The summed E-state index contributed by atoms with van der Waals surface area (Å²) in [5.74, 6) is -1.62. The van der Waals surface area contributed by atoms with Crippen LogP contribution in [-0.4, -0.2) is 90.2 Å². The monoisotopic (exact) mass is 720 g/mol. The van der Waals surface area contributed by atoms with Crippen LogP contribution in [0.5, 0.6) is 0 Å². The van der Waals surface area contributed by atoms with E-state index in [2.05, 4.69) is 20.3 Å². The van der Waals surface area contributed by atoms with Crippen LogP contribution in [0.2, 0.25) is 0 Å². The molecule has 0 spiro atoms. The molecule has 3 N–H and O–H groups in total. The minimum absolute atomic E-state index is 0.0959. The highest BCUT2D eigenvalue weighted by Gasteiger charge is 2.63. The van der Waals surface area contributed by atoms with Crippen LogP contribution < -0.4 is 20.3 Å². The maximum atomic E-state index is 14.6. The van der Waals surface area contributed by atoms with Crippen LogP contribution in [-0.2, 0) is 29.1 Å². The Bertz CT molecular complexity index is 1850. The second kappa shape index (κ2) is 13.4. The van der Waals surface area contributed by atoms with Crippen molar-refractivity contribution in [1.82, 2.24) is 25.2 Å². The number of rotatable bonds is 5. The topological polar surface area (TPSA) is 167 Å². The number of alkyl carbamates (subject to hydrolysis) is 1. The van der Waals surface area contributed by atoms with Crippen LogP contribution >= 0.6 is 0 Å². The van der Waals surface area contributed by atoms with Crippen molar-refractivity contribution in [2.45, 2.75) is 101 Å². The highest BCUT2D eigenvalue weighted by atomic mass is 32.2. The zero-order valence-electron chi connectivity index (χ0n) is 29.5. The number of nitrogens with zero attached hydrogens (tertiary/aromatic N) is 3. The number of allylic oxidation sites excluding steroid dienone is 1. The normalized spacial score (nSPS) is 30.6. The number of sulfonamides is 1. The molecule has 51 heavy (non-hydrogen) atoms. The Kier molecular flexibility index (Phi) is 9.26. The number of amides is 4. The zero-order valence-corrected chi connectivity index (χ0v) is 30.3. The fourth-order valence-corrected chi connectivity index (χ4v) is 9.41. The predicted octanol–water partition coefficient (Wildman–Crippen LogP) is 3.39. The summed E-state index contributed by atoms with van der Waals surface area (Å²) < 4.78 is 33.5. The molecule has 6 atom stereocenters. The Morgan fingerprint density at radius 2 is 1.80 bits per heavy atom. The molecule has 1 aromatic carbocycles. The van der Waals surface area contributed by atoms with Crippen LogP contribution in [0.4, 0.5) is 10.6 Å². The van der Waals surface area contributed by atoms with E-state index in [-0.39, 0.29) is 36.6 Å². The minimum Gasteiger partial charge on any atom is -0.444 e. The van der Waals surface area contributed by atoms with Gasteiger partial charge >= 0.3 is 6.09 Å². The van der Waals surface area contributed by atoms with Gasteiger partial charge in [-0.15, -0.1) is 0 Å². The Morgan fingerprint density at radius 3 is 2.57 bits per heavy atom. The molecule has 3 aliphatic heterocycles. The third-order valence-electron chi connectivity index (χ3n) is 10.9. The fraction of sp³-hybridized carbons (Fsp3) is 0.595. The number of pyridine rings is 1. The molecule has 14 heteroatoms. The quantitative estimate of drug-likeness (QED) is 0.393. The lowest BCUT2D eigenvalue weighted by Gasteiger charge is -2.33. The lowest BCUT2D eigenvalue weighted by atomic mass is 9.93. The summed E-state index contributed by atoms with van der Waals surface area (Å²) in [6.45, 7) is 6.53. The molecule has 13 nitrogen and oxygen atoms in total. The van der Waals surface area contributed by atoms with E-state index in [0.717, 1.165) is 35.9 Å². The molecular weight excluding hydrogens is 673 g/mol. The van der Waals surface area contributed by atoms with E-state index in [9.17, 15) is 27.6 Å². The highest BCUT2D eigenvalue weighted by Crippen LogP contribution is 2.47. The molecule has 7 rings (SSSR count). The summed E-state index contributed by atoms with van der Waals surface area (Å²) in [7, 11) is -3.86. The number of fused-ring (bicyclic) bond motifs is 5. The van der Waals surface area contributed by atoms with Gasteiger partial charge in [-0.05, 0) is 70.7 Å². The van der Waals surface area contributed by atoms with Gasteiger partial charge in [-0.25, -0.2) is 18.2 Å². The number of ether oxygens (including phenoxy) is 1. The molecule has 4 heterocycles. The molecule has 4 fully saturated rings. The maximum Gasteiger partial charge on any atom is 0.408 e. The fourth-order valence-electron chi connectivity index (χ4n) is 8.05. The van der Waals surface area contributed by atoms with Crippen LogP contribution in [0.1, 0.15) is 72.1 Å². The van der Waals surface area contributed by atoms with Gasteiger partial charge in [0.2, 0.25) is 21.8 Å². The average Bonchev–Trinajstić information content (AvgIpc) is 3.96. The van der Waals surface area contributed by atoms with Gasteiger partial charge in [0.05, 0.1) is 5.25 Å². The zero-order chi connectivity index (χ0) is 36.1. The maximum absolute atomic E-state index is 14.6.